The highest BCUT2D eigenvalue weighted by atomic mass is 16.5. The summed E-state index contributed by atoms with van der Waals surface area (Å²) in [6, 6.07) is 16.0. The minimum Gasteiger partial charge on any atom is -0.525 e. The standard InChI is InChI=1S/C17H21BN2O3/c19-11-10-16(20)17(22)23-18(14-4-2-1-3-5-14)15-8-6-13(12-21)7-9-15/h1-9,16,21H,10-12,19-20H2. The number of nitrogens with two attached hydrogens (primary N) is 2. The van der Waals surface area contributed by atoms with Gasteiger partial charge >= 0.3 is 12.9 Å². The first kappa shape index (κ1) is 17.2. The lowest BCUT2D eigenvalue weighted by molar-refractivity contribution is -0.136. The molecule has 2 aromatic carbocycles. The molecular weight excluding hydrogens is 291 g/mol. The summed E-state index contributed by atoms with van der Waals surface area (Å²) in [6.45, 7) is -0.241. The largest absolute Gasteiger partial charge is 0.525 e. The van der Waals surface area contributed by atoms with Crippen molar-refractivity contribution in [2.24, 2.45) is 11.5 Å². The summed E-state index contributed by atoms with van der Waals surface area (Å²) in [7, 11) is 0. The van der Waals surface area contributed by atoms with Gasteiger partial charge in [-0.3, -0.25) is 4.79 Å². The van der Waals surface area contributed by atoms with E-state index in [0.29, 0.717) is 13.0 Å². The Hall–Kier alpha value is -2.15. The number of benzene rings is 2. The van der Waals surface area contributed by atoms with E-state index in [1.54, 1.807) is 12.1 Å². The average molecular weight is 312 g/mol. The number of aliphatic hydroxyl groups is 1. The number of hydrogen-bond donors (Lipinski definition) is 3. The molecular formula is C17H21BN2O3. The van der Waals surface area contributed by atoms with Crippen molar-refractivity contribution in [3.8, 4) is 0 Å². The van der Waals surface area contributed by atoms with Crippen LogP contribution in [0, 0.1) is 0 Å². The molecule has 0 saturated heterocycles. The maximum atomic E-state index is 12.2. The van der Waals surface area contributed by atoms with Crippen LogP contribution >= 0.6 is 0 Å². The lowest BCUT2D eigenvalue weighted by atomic mass is 9.55. The van der Waals surface area contributed by atoms with E-state index >= 15 is 0 Å². The molecule has 0 fully saturated rings. The Balaban J connectivity index is 2.26. The molecule has 0 aliphatic carbocycles. The molecule has 1 unspecified atom stereocenters. The van der Waals surface area contributed by atoms with E-state index in [1.807, 2.05) is 42.5 Å². The van der Waals surface area contributed by atoms with E-state index in [-0.39, 0.29) is 6.61 Å². The third-order valence-electron chi connectivity index (χ3n) is 3.58. The van der Waals surface area contributed by atoms with Gasteiger partial charge in [0.2, 0.25) is 0 Å². The summed E-state index contributed by atoms with van der Waals surface area (Å²) >= 11 is 0. The smallest absolute Gasteiger partial charge is 0.429 e. The Morgan fingerprint density at radius 1 is 1.09 bits per heavy atom. The molecule has 0 radical (unpaired) electrons. The van der Waals surface area contributed by atoms with Crippen LogP contribution in [0.5, 0.6) is 0 Å². The quantitative estimate of drug-likeness (QED) is 0.599. The molecule has 0 amide bonds. The fraction of sp³-hybridized carbons (Fsp3) is 0.235. The molecule has 0 bridgehead atoms. The SMILES string of the molecule is NCCC(N)C(=O)OB(c1ccccc1)c1ccc(CO)cc1. The van der Waals surface area contributed by atoms with Crippen molar-refractivity contribution in [2.45, 2.75) is 19.1 Å². The van der Waals surface area contributed by atoms with Crippen molar-refractivity contribution < 1.29 is 14.6 Å². The van der Waals surface area contributed by atoms with Gasteiger partial charge in [0, 0.05) is 0 Å². The number of aliphatic hydroxyl groups excluding tert-OH is 1. The van der Waals surface area contributed by atoms with Gasteiger partial charge < -0.3 is 21.2 Å². The first-order valence-corrected chi connectivity index (χ1v) is 7.56. The maximum absolute atomic E-state index is 12.2. The summed E-state index contributed by atoms with van der Waals surface area (Å²) in [5, 5.41) is 9.15. The molecule has 1 atom stereocenters. The molecule has 2 aromatic rings. The number of rotatable bonds is 7. The molecule has 0 saturated carbocycles. The van der Waals surface area contributed by atoms with Gasteiger partial charge in [-0.2, -0.15) is 0 Å². The fourth-order valence-corrected chi connectivity index (χ4v) is 2.26. The highest BCUT2D eigenvalue weighted by Crippen LogP contribution is 2.01. The van der Waals surface area contributed by atoms with Gasteiger partial charge in [0.15, 0.2) is 0 Å². The highest BCUT2D eigenvalue weighted by molar-refractivity contribution is 6.81. The summed E-state index contributed by atoms with van der Waals surface area (Å²) in [5.74, 6) is -0.476. The molecule has 5 nitrogen and oxygen atoms in total. The zero-order valence-electron chi connectivity index (χ0n) is 12.9. The Morgan fingerprint density at radius 3 is 2.26 bits per heavy atom. The minimum atomic E-state index is -0.733. The van der Waals surface area contributed by atoms with Crippen molar-refractivity contribution in [1.29, 1.82) is 0 Å². The van der Waals surface area contributed by atoms with Crippen LogP contribution in [0.15, 0.2) is 54.6 Å². The van der Waals surface area contributed by atoms with E-state index in [4.69, 9.17) is 21.2 Å². The van der Waals surface area contributed by atoms with Gasteiger partial charge in [-0.15, -0.1) is 0 Å². The van der Waals surface area contributed by atoms with Gasteiger partial charge in [0.1, 0.15) is 6.04 Å². The van der Waals surface area contributed by atoms with Gasteiger partial charge in [0.25, 0.3) is 0 Å². The molecule has 0 aliphatic heterocycles. The minimum absolute atomic E-state index is 0.0303. The second kappa shape index (κ2) is 8.48. The predicted octanol–water partition coefficient (Wildman–Crippen LogP) is -0.496. The molecule has 0 spiro atoms. The summed E-state index contributed by atoms with van der Waals surface area (Å²) in [6.07, 6.45) is 0.379. The van der Waals surface area contributed by atoms with Crippen LogP contribution in [0.3, 0.4) is 0 Å². The Morgan fingerprint density at radius 2 is 1.70 bits per heavy atom. The Kier molecular flexibility index (Phi) is 6.34. The molecule has 0 heterocycles. The molecule has 5 N–H and O–H groups in total. The normalized spacial score (nSPS) is 11.8. The van der Waals surface area contributed by atoms with Crippen LogP contribution in [0.4, 0.5) is 0 Å². The van der Waals surface area contributed by atoms with E-state index in [9.17, 15) is 4.79 Å². The van der Waals surface area contributed by atoms with Crippen LogP contribution < -0.4 is 22.4 Å². The van der Waals surface area contributed by atoms with Crippen LogP contribution in [0.2, 0.25) is 0 Å². The van der Waals surface area contributed by atoms with Crippen LogP contribution in [-0.4, -0.2) is 30.6 Å². The lowest BCUT2D eigenvalue weighted by Crippen LogP contribution is -2.49. The zero-order valence-corrected chi connectivity index (χ0v) is 12.9. The van der Waals surface area contributed by atoms with Crippen molar-refractivity contribution in [1.82, 2.24) is 0 Å². The third kappa shape index (κ3) is 4.66. The molecule has 2 rings (SSSR count). The molecule has 0 aliphatic rings. The van der Waals surface area contributed by atoms with Crippen LogP contribution in [0.1, 0.15) is 12.0 Å². The second-order valence-corrected chi connectivity index (χ2v) is 5.31. The van der Waals surface area contributed by atoms with Gasteiger partial charge in [-0.1, -0.05) is 54.6 Å². The van der Waals surface area contributed by atoms with Gasteiger partial charge in [-0.05, 0) is 29.5 Å². The lowest BCUT2D eigenvalue weighted by Gasteiger charge is -2.18. The fourth-order valence-electron chi connectivity index (χ4n) is 2.26. The summed E-state index contributed by atoms with van der Waals surface area (Å²) < 4.78 is 5.63. The number of carbonyl (C=O) groups excluding carboxylic acids is 1. The summed E-state index contributed by atoms with van der Waals surface area (Å²) in [5.41, 5.74) is 13.7. The van der Waals surface area contributed by atoms with Crippen molar-refractivity contribution >= 4 is 23.8 Å². The average Bonchev–Trinajstić information content (AvgIpc) is 2.60. The predicted molar refractivity (Wildman–Crippen MR) is 91.6 cm³/mol. The molecule has 6 heteroatoms. The van der Waals surface area contributed by atoms with Crippen molar-refractivity contribution in [3.63, 3.8) is 0 Å². The Bertz CT molecular complexity index is 619. The topological polar surface area (TPSA) is 98.6 Å². The highest BCUT2D eigenvalue weighted by Gasteiger charge is 2.27. The van der Waals surface area contributed by atoms with Gasteiger partial charge in [-0.25, -0.2) is 0 Å². The van der Waals surface area contributed by atoms with Crippen LogP contribution in [-0.2, 0) is 16.1 Å². The number of hydrogen-bond acceptors (Lipinski definition) is 5. The van der Waals surface area contributed by atoms with Gasteiger partial charge in [0.05, 0.1) is 6.61 Å². The van der Waals surface area contributed by atoms with Crippen molar-refractivity contribution in [3.05, 3.63) is 60.2 Å². The zero-order chi connectivity index (χ0) is 16.7. The first-order chi connectivity index (χ1) is 11.2. The third-order valence-corrected chi connectivity index (χ3v) is 3.58. The van der Waals surface area contributed by atoms with Crippen LogP contribution in [0.25, 0.3) is 0 Å². The number of carbonyl (C=O) groups is 1. The van der Waals surface area contributed by atoms with E-state index in [0.717, 1.165) is 16.5 Å². The molecule has 120 valence electrons. The molecule has 0 aromatic heterocycles. The molecule has 23 heavy (non-hydrogen) atoms. The van der Waals surface area contributed by atoms with E-state index < -0.39 is 18.9 Å². The first-order valence-electron chi connectivity index (χ1n) is 7.56. The Labute approximate surface area is 136 Å². The summed E-state index contributed by atoms with van der Waals surface area (Å²) in [4.78, 5) is 12.2. The monoisotopic (exact) mass is 312 g/mol. The van der Waals surface area contributed by atoms with E-state index in [1.165, 1.54) is 0 Å². The second-order valence-electron chi connectivity index (χ2n) is 5.31. The van der Waals surface area contributed by atoms with Crippen molar-refractivity contribution in [2.75, 3.05) is 6.54 Å². The van der Waals surface area contributed by atoms with E-state index in [2.05, 4.69) is 0 Å². The maximum Gasteiger partial charge on any atom is 0.429 e.